The fourth-order valence-electron chi connectivity index (χ4n) is 7.08. The molecule has 0 aliphatic carbocycles. The lowest BCUT2D eigenvalue weighted by Gasteiger charge is -2.46. The summed E-state index contributed by atoms with van der Waals surface area (Å²) < 4.78 is 51.4. The molecule has 0 saturated carbocycles. The first-order valence-electron chi connectivity index (χ1n) is 17.9. The molecule has 0 bridgehead atoms. The van der Waals surface area contributed by atoms with Crippen molar-refractivity contribution in [2.75, 3.05) is 39.3 Å². The van der Waals surface area contributed by atoms with Crippen LogP contribution in [-0.4, -0.2) is 106 Å². The number of β-amino-alcohol motifs (C(OH)–C–C–N with tert-alkyl or cyclic N) is 1. The maximum atomic E-state index is 13.9. The average molecular weight is 751 g/mol. The Hall–Kier alpha value is -4.83. The highest BCUT2D eigenvalue weighted by molar-refractivity contribution is 5.82. The van der Waals surface area contributed by atoms with Crippen molar-refractivity contribution in [1.29, 1.82) is 0 Å². The molecule has 6 rings (SSSR count). The van der Waals surface area contributed by atoms with Crippen LogP contribution in [0, 0.1) is 5.92 Å². The molecular formula is C39H45F3N6O6. The van der Waals surface area contributed by atoms with Crippen LogP contribution in [0.5, 0.6) is 5.75 Å². The van der Waals surface area contributed by atoms with Gasteiger partial charge in [-0.05, 0) is 50.5 Å². The van der Waals surface area contributed by atoms with Gasteiger partial charge in [0, 0.05) is 55.6 Å². The third-order valence-electron chi connectivity index (χ3n) is 10.1. The minimum absolute atomic E-state index is 0.00380. The molecule has 1 saturated heterocycles. The summed E-state index contributed by atoms with van der Waals surface area (Å²) in [5, 5.41) is 27.3. The van der Waals surface area contributed by atoms with Crippen molar-refractivity contribution in [2.24, 2.45) is 5.92 Å². The second-order valence-electron chi connectivity index (χ2n) is 14.3. The number of nitrogens with zero attached hydrogens (tertiary/aromatic N) is 4. The predicted octanol–water partition coefficient (Wildman–Crippen LogP) is 3.86. The number of amides is 2. The molecule has 1 fully saturated rings. The topological polar surface area (TPSA) is 153 Å². The minimum Gasteiger partial charge on any atom is -0.490 e. The average Bonchev–Trinajstić information content (AvgIpc) is 3.67. The quantitative estimate of drug-likeness (QED) is 0.159. The number of carbonyl (C=O) groups excluding carboxylic acids is 2. The van der Waals surface area contributed by atoms with Crippen LogP contribution in [0.15, 0.2) is 89.7 Å². The summed E-state index contributed by atoms with van der Waals surface area (Å²) in [4.78, 5) is 39.6. The van der Waals surface area contributed by atoms with E-state index in [0.717, 1.165) is 11.1 Å². The van der Waals surface area contributed by atoms with Gasteiger partial charge in [-0.15, -0.1) is 0 Å². The number of carbonyl (C=O) groups is 2. The molecule has 4 heterocycles. The van der Waals surface area contributed by atoms with Crippen molar-refractivity contribution in [3.8, 4) is 17.1 Å². The zero-order valence-corrected chi connectivity index (χ0v) is 30.1. The van der Waals surface area contributed by atoms with Crippen LogP contribution in [-0.2, 0) is 21.5 Å². The Morgan fingerprint density at radius 1 is 1.02 bits per heavy atom. The van der Waals surface area contributed by atoms with Gasteiger partial charge in [-0.2, -0.15) is 13.2 Å². The Morgan fingerprint density at radius 3 is 2.52 bits per heavy atom. The van der Waals surface area contributed by atoms with Crippen LogP contribution in [0.1, 0.15) is 43.3 Å². The first-order chi connectivity index (χ1) is 25.8. The number of benzene rings is 2. The molecule has 54 heavy (non-hydrogen) atoms. The van der Waals surface area contributed by atoms with E-state index in [9.17, 15) is 33.0 Å². The minimum atomic E-state index is -4.62. The van der Waals surface area contributed by atoms with E-state index in [1.54, 1.807) is 53.8 Å². The molecule has 2 amide bonds. The molecule has 5 atom stereocenters. The summed E-state index contributed by atoms with van der Waals surface area (Å²) in [7, 11) is 0. The molecule has 288 valence electrons. The van der Waals surface area contributed by atoms with Crippen LogP contribution in [0.25, 0.3) is 11.3 Å². The Bertz CT molecular complexity index is 1860. The van der Waals surface area contributed by atoms with Crippen LogP contribution >= 0.6 is 0 Å². The number of rotatable bonds is 13. The molecule has 0 unspecified atom stereocenters. The number of hydrogen-bond donors (Lipinski definition) is 4. The molecule has 4 N–H and O–H groups in total. The number of aliphatic hydroxyl groups is 2. The zero-order chi connectivity index (χ0) is 38.5. The van der Waals surface area contributed by atoms with Gasteiger partial charge in [-0.3, -0.25) is 24.4 Å². The lowest BCUT2D eigenvalue weighted by atomic mass is 9.90. The summed E-state index contributed by atoms with van der Waals surface area (Å²) in [6, 6.07) is 18.2. The molecule has 0 radical (unpaired) electrons. The number of alkyl halides is 3. The van der Waals surface area contributed by atoms with E-state index in [1.165, 1.54) is 0 Å². The van der Waals surface area contributed by atoms with Gasteiger partial charge in [0.05, 0.1) is 23.9 Å². The Labute approximate surface area is 311 Å². The second-order valence-corrected chi connectivity index (χ2v) is 14.3. The van der Waals surface area contributed by atoms with E-state index >= 15 is 0 Å². The monoisotopic (exact) mass is 750 g/mol. The van der Waals surface area contributed by atoms with Crippen molar-refractivity contribution in [1.82, 2.24) is 30.4 Å². The molecule has 4 aromatic rings. The van der Waals surface area contributed by atoms with Crippen molar-refractivity contribution >= 4 is 11.8 Å². The predicted molar refractivity (Wildman–Crippen MR) is 192 cm³/mol. The highest BCUT2D eigenvalue weighted by Gasteiger charge is 2.43. The molecular weight excluding hydrogens is 705 g/mol. The van der Waals surface area contributed by atoms with E-state index in [0.29, 0.717) is 29.5 Å². The summed E-state index contributed by atoms with van der Waals surface area (Å²) in [6.45, 7) is 2.76. The number of halogens is 3. The SMILES string of the molecule is CC(C)(c1ncc(-c2cccnc2)o1)N1CCN(C[C@H](O)C[C@@H](Cc2ccccc2)C(=O)N[C@H]2c3ccccc3OC[C@H]2O)[C@H](C(=O)NCC(F)(F)F)C1. The maximum absolute atomic E-state index is 13.9. The molecule has 2 aliphatic heterocycles. The fraction of sp³-hybridized carbons (Fsp3) is 0.436. The van der Waals surface area contributed by atoms with Crippen LogP contribution in [0.3, 0.4) is 0 Å². The zero-order valence-electron chi connectivity index (χ0n) is 30.1. The van der Waals surface area contributed by atoms with Crippen molar-refractivity contribution < 1.29 is 42.1 Å². The Balaban J connectivity index is 1.18. The number of nitrogens with one attached hydrogen (secondary N) is 2. The second kappa shape index (κ2) is 16.7. The molecule has 2 aromatic carbocycles. The number of fused-ring (bicyclic) bond motifs is 1. The number of ether oxygens (including phenoxy) is 1. The highest BCUT2D eigenvalue weighted by atomic mass is 19.4. The number of aliphatic hydroxyl groups excluding tert-OH is 2. The standard InChI is InChI=1S/C39H45F3N6O6/c1-38(2,37-44-20-33(54-37)26-11-8-14-43-19-26)48-16-15-47(30(22-48)36(52)45-24-39(40,41)42)21-28(49)18-27(17-25-9-4-3-5-10-25)35(51)46-34-29-12-6-7-13-32(29)53-23-31(34)50/h3-14,19-20,27-28,30-31,34,49-50H,15-18,21-24H2,1-2H3,(H,45,52)(H,46,51)/t27-,28-,30+,31-,34+/m1/s1. The van der Waals surface area contributed by atoms with Gasteiger partial charge in [0.25, 0.3) is 0 Å². The fourth-order valence-corrected chi connectivity index (χ4v) is 7.08. The highest BCUT2D eigenvalue weighted by Crippen LogP contribution is 2.34. The van der Waals surface area contributed by atoms with Crippen LogP contribution in [0.4, 0.5) is 13.2 Å². The normalized spacial score (nSPS) is 20.7. The molecule has 12 nitrogen and oxygen atoms in total. The van der Waals surface area contributed by atoms with E-state index < -0.39 is 54.4 Å². The number of piperazine rings is 1. The lowest BCUT2D eigenvalue weighted by molar-refractivity contribution is -0.144. The van der Waals surface area contributed by atoms with Gasteiger partial charge in [-0.1, -0.05) is 48.5 Å². The third kappa shape index (κ3) is 9.45. The molecule has 2 aromatic heterocycles. The maximum Gasteiger partial charge on any atom is 0.405 e. The smallest absolute Gasteiger partial charge is 0.405 e. The van der Waals surface area contributed by atoms with Crippen LogP contribution in [0.2, 0.25) is 0 Å². The number of aromatic nitrogens is 2. The largest absolute Gasteiger partial charge is 0.490 e. The van der Waals surface area contributed by atoms with Gasteiger partial charge in [-0.25, -0.2) is 4.98 Å². The Morgan fingerprint density at radius 2 is 1.78 bits per heavy atom. The van der Waals surface area contributed by atoms with E-state index in [4.69, 9.17) is 9.15 Å². The summed E-state index contributed by atoms with van der Waals surface area (Å²) in [6.07, 6.45) is -1.63. The van der Waals surface area contributed by atoms with Crippen molar-refractivity contribution in [3.05, 3.63) is 102 Å². The van der Waals surface area contributed by atoms with Crippen molar-refractivity contribution in [2.45, 2.75) is 62.7 Å². The summed E-state index contributed by atoms with van der Waals surface area (Å²) in [5.41, 5.74) is 1.36. The van der Waals surface area contributed by atoms with Gasteiger partial charge < -0.3 is 30.0 Å². The molecule has 2 aliphatic rings. The molecule has 15 heteroatoms. The molecule has 0 spiro atoms. The first kappa shape index (κ1) is 38.9. The van der Waals surface area contributed by atoms with Gasteiger partial charge >= 0.3 is 6.18 Å². The Kier molecular flexibility index (Phi) is 12.0. The first-order valence-corrected chi connectivity index (χ1v) is 17.9. The third-order valence-corrected chi connectivity index (χ3v) is 10.1. The van der Waals surface area contributed by atoms with Gasteiger partial charge in [0.15, 0.2) is 5.76 Å². The number of hydrogen-bond acceptors (Lipinski definition) is 10. The summed E-state index contributed by atoms with van der Waals surface area (Å²) >= 11 is 0. The van der Waals surface area contributed by atoms with Gasteiger partial charge in [0.2, 0.25) is 17.7 Å². The van der Waals surface area contributed by atoms with Gasteiger partial charge in [0.1, 0.15) is 31.0 Å². The number of oxazole rings is 1. The van der Waals surface area contributed by atoms with Crippen molar-refractivity contribution in [3.63, 3.8) is 0 Å². The van der Waals surface area contributed by atoms with E-state index in [2.05, 4.69) is 15.3 Å². The number of para-hydroxylation sites is 1. The number of pyridine rings is 1. The van der Waals surface area contributed by atoms with Crippen LogP contribution < -0.4 is 15.4 Å². The van der Waals surface area contributed by atoms with E-state index in [1.807, 2.05) is 60.5 Å². The summed E-state index contributed by atoms with van der Waals surface area (Å²) in [5.74, 6) is -0.563. The lowest BCUT2D eigenvalue weighted by Crippen LogP contribution is -2.63. The van der Waals surface area contributed by atoms with E-state index in [-0.39, 0.29) is 45.0 Å².